The quantitative estimate of drug-likeness (QED) is 0.235. The van der Waals surface area contributed by atoms with Crippen LogP contribution in [0.2, 0.25) is 0 Å². The molecule has 0 bridgehead atoms. The molecular formula is C28H37N3O4. The molecule has 1 aliphatic carbocycles. The fourth-order valence-electron chi connectivity index (χ4n) is 4.49. The second-order valence-corrected chi connectivity index (χ2v) is 9.32. The Morgan fingerprint density at radius 2 is 2.00 bits per heavy atom. The number of fused-ring (bicyclic) bond motifs is 2. The molecule has 4 N–H and O–H groups in total. The van der Waals surface area contributed by atoms with Crippen molar-refractivity contribution in [2.24, 2.45) is 0 Å². The lowest BCUT2D eigenvalue weighted by molar-refractivity contribution is -0.123. The Kier molecular flexibility index (Phi) is 9.03. The van der Waals surface area contributed by atoms with Crippen LogP contribution in [-0.4, -0.2) is 54.4 Å². The van der Waals surface area contributed by atoms with Gasteiger partial charge in [0.1, 0.15) is 24.2 Å². The molecule has 188 valence electrons. The van der Waals surface area contributed by atoms with E-state index in [9.17, 15) is 9.90 Å². The normalized spacial score (nSPS) is 16.3. The number of rotatable bonds is 12. The molecule has 3 aromatic rings. The first-order chi connectivity index (χ1) is 17.1. The van der Waals surface area contributed by atoms with Crippen LogP contribution >= 0.6 is 0 Å². The van der Waals surface area contributed by atoms with Crippen LogP contribution in [0.15, 0.2) is 48.7 Å². The number of aliphatic hydroxyl groups excluding tert-OH is 1. The molecule has 2 aromatic carbocycles. The van der Waals surface area contributed by atoms with E-state index in [0.29, 0.717) is 13.1 Å². The Hall–Kier alpha value is -3.03. The first-order valence-corrected chi connectivity index (χ1v) is 12.7. The lowest BCUT2D eigenvalue weighted by Crippen LogP contribution is -2.39. The van der Waals surface area contributed by atoms with Crippen LogP contribution in [0.25, 0.3) is 10.9 Å². The van der Waals surface area contributed by atoms with Crippen molar-refractivity contribution < 1.29 is 19.4 Å². The standard InChI is InChI=1S/C28H37N3O4/c1-2-3-12-30-28(33)19-35-25-8-7-20-5-4-6-23(14-22(20)16-25)31-17-24(32)18-34-26-9-10-27-21(15-26)11-13-29-27/h7-11,13,15-16,23-24,29,31-32H,2-6,12,14,17-19H2,1H3,(H,30,33)/t23?,24-/m0/s1. The summed E-state index contributed by atoms with van der Waals surface area (Å²) in [5.41, 5.74) is 3.64. The van der Waals surface area contributed by atoms with Crippen LogP contribution in [0.3, 0.4) is 0 Å². The number of hydrogen-bond donors (Lipinski definition) is 4. The highest BCUT2D eigenvalue weighted by Crippen LogP contribution is 2.25. The highest BCUT2D eigenvalue weighted by atomic mass is 16.5. The van der Waals surface area contributed by atoms with Crippen molar-refractivity contribution in [2.45, 2.75) is 57.6 Å². The summed E-state index contributed by atoms with van der Waals surface area (Å²) in [5, 5.41) is 18.0. The van der Waals surface area contributed by atoms with E-state index >= 15 is 0 Å². The molecule has 0 fully saturated rings. The Bertz CT molecular complexity index is 1100. The van der Waals surface area contributed by atoms with Gasteiger partial charge in [0.05, 0.1) is 0 Å². The average molecular weight is 480 g/mol. The molecule has 1 aromatic heterocycles. The van der Waals surface area contributed by atoms with Gasteiger partial charge in [0, 0.05) is 36.2 Å². The summed E-state index contributed by atoms with van der Waals surface area (Å²) in [7, 11) is 0. The Morgan fingerprint density at radius 1 is 1.14 bits per heavy atom. The molecular weight excluding hydrogens is 442 g/mol. The van der Waals surface area contributed by atoms with E-state index in [4.69, 9.17) is 9.47 Å². The Labute approximate surface area is 207 Å². The lowest BCUT2D eigenvalue weighted by atomic mass is 10.0. The summed E-state index contributed by atoms with van der Waals surface area (Å²) in [6, 6.07) is 14.3. The second-order valence-electron chi connectivity index (χ2n) is 9.32. The highest BCUT2D eigenvalue weighted by molar-refractivity contribution is 5.80. The molecule has 0 saturated heterocycles. The van der Waals surface area contributed by atoms with Crippen molar-refractivity contribution in [2.75, 3.05) is 26.3 Å². The van der Waals surface area contributed by atoms with Gasteiger partial charge in [0.25, 0.3) is 5.91 Å². The van der Waals surface area contributed by atoms with E-state index < -0.39 is 6.10 Å². The number of unbranched alkanes of at least 4 members (excludes halogenated alkanes) is 1. The fourth-order valence-corrected chi connectivity index (χ4v) is 4.49. The van der Waals surface area contributed by atoms with Crippen LogP contribution in [0.4, 0.5) is 0 Å². The maximum absolute atomic E-state index is 11.9. The number of hydrogen-bond acceptors (Lipinski definition) is 5. The molecule has 7 heteroatoms. The summed E-state index contributed by atoms with van der Waals surface area (Å²) >= 11 is 0. The van der Waals surface area contributed by atoms with Crippen LogP contribution in [0.1, 0.15) is 43.7 Å². The van der Waals surface area contributed by atoms with Crippen molar-refractivity contribution in [3.63, 3.8) is 0 Å². The van der Waals surface area contributed by atoms with Crippen molar-refractivity contribution in [3.8, 4) is 11.5 Å². The number of aromatic nitrogens is 1. The summed E-state index contributed by atoms with van der Waals surface area (Å²) in [6.07, 6.45) is 7.36. The van der Waals surface area contributed by atoms with Gasteiger partial charge < -0.3 is 30.2 Å². The molecule has 0 spiro atoms. The van der Waals surface area contributed by atoms with Crippen LogP contribution in [0, 0.1) is 0 Å². The smallest absolute Gasteiger partial charge is 0.257 e. The molecule has 4 rings (SSSR count). The minimum absolute atomic E-state index is 0.0351. The SMILES string of the molecule is CCCCNC(=O)COc1ccc2c(c1)CC(NC[C@H](O)COc1ccc3[nH]ccc3c1)CCC2. The van der Waals surface area contributed by atoms with E-state index in [1.165, 1.54) is 11.1 Å². The molecule has 1 unspecified atom stereocenters. The summed E-state index contributed by atoms with van der Waals surface area (Å²) in [6.45, 7) is 3.54. The Morgan fingerprint density at radius 3 is 2.89 bits per heavy atom. The van der Waals surface area contributed by atoms with Crippen LogP contribution < -0.4 is 20.1 Å². The van der Waals surface area contributed by atoms with Gasteiger partial charge in [-0.05, 0) is 79.6 Å². The Balaban J connectivity index is 1.23. The minimum atomic E-state index is -0.597. The van der Waals surface area contributed by atoms with Crippen LogP contribution in [0.5, 0.6) is 11.5 Å². The number of nitrogens with one attached hydrogen (secondary N) is 3. The monoisotopic (exact) mass is 479 g/mol. The maximum Gasteiger partial charge on any atom is 0.257 e. The molecule has 1 heterocycles. The number of benzene rings is 2. The molecule has 7 nitrogen and oxygen atoms in total. The molecule has 1 aliphatic rings. The number of carbonyl (C=O) groups is 1. The topological polar surface area (TPSA) is 95.6 Å². The van der Waals surface area contributed by atoms with Gasteiger partial charge in [-0.2, -0.15) is 0 Å². The zero-order chi connectivity index (χ0) is 24.5. The average Bonchev–Trinajstić information content (AvgIpc) is 3.24. The third-order valence-electron chi connectivity index (χ3n) is 6.47. The number of aliphatic hydroxyl groups is 1. The van der Waals surface area contributed by atoms with E-state index in [-0.39, 0.29) is 25.2 Å². The number of H-pyrrole nitrogens is 1. The van der Waals surface area contributed by atoms with E-state index in [1.54, 1.807) is 0 Å². The predicted octanol–water partition coefficient (Wildman–Crippen LogP) is 3.74. The molecule has 2 atom stereocenters. The first kappa shape index (κ1) is 25.1. The summed E-state index contributed by atoms with van der Waals surface area (Å²) < 4.78 is 11.5. The second kappa shape index (κ2) is 12.6. The maximum atomic E-state index is 11.9. The third-order valence-corrected chi connectivity index (χ3v) is 6.47. The molecule has 35 heavy (non-hydrogen) atoms. The van der Waals surface area contributed by atoms with E-state index in [1.807, 2.05) is 36.5 Å². The van der Waals surface area contributed by atoms with Gasteiger partial charge in [-0.1, -0.05) is 19.4 Å². The van der Waals surface area contributed by atoms with Gasteiger partial charge in [0.15, 0.2) is 6.61 Å². The van der Waals surface area contributed by atoms with Crippen molar-refractivity contribution in [1.29, 1.82) is 0 Å². The fraction of sp³-hybridized carbons (Fsp3) is 0.464. The predicted molar refractivity (Wildman–Crippen MR) is 138 cm³/mol. The zero-order valence-corrected chi connectivity index (χ0v) is 20.5. The van der Waals surface area contributed by atoms with Crippen molar-refractivity contribution >= 4 is 16.8 Å². The van der Waals surface area contributed by atoms with Gasteiger partial charge in [-0.25, -0.2) is 0 Å². The van der Waals surface area contributed by atoms with Crippen molar-refractivity contribution in [3.05, 3.63) is 59.8 Å². The van der Waals surface area contributed by atoms with Crippen LogP contribution in [-0.2, 0) is 17.6 Å². The zero-order valence-electron chi connectivity index (χ0n) is 20.5. The number of aromatic amines is 1. The number of amides is 1. The molecule has 0 radical (unpaired) electrons. The van der Waals surface area contributed by atoms with E-state index in [0.717, 1.165) is 60.9 Å². The molecule has 0 saturated carbocycles. The van der Waals surface area contributed by atoms with E-state index in [2.05, 4.69) is 34.7 Å². The van der Waals surface area contributed by atoms with Gasteiger partial charge in [-0.3, -0.25) is 4.79 Å². The number of ether oxygens (including phenoxy) is 2. The molecule has 0 aliphatic heterocycles. The van der Waals surface area contributed by atoms with Gasteiger partial charge >= 0.3 is 0 Å². The summed E-state index contributed by atoms with van der Waals surface area (Å²) in [4.78, 5) is 15.1. The third kappa shape index (κ3) is 7.47. The van der Waals surface area contributed by atoms with Crippen molar-refractivity contribution in [1.82, 2.24) is 15.6 Å². The number of carbonyl (C=O) groups excluding carboxylic acids is 1. The van der Waals surface area contributed by atoms with Gasteiger partial charge in [-0.15, -0.1) is 0 Å². The summed E-state index contributed by atoms with van der Waals surface area (Å²) in [5.74, 6) is 1.39. The van der Waals surface area contributed by atoms with Gasteiger partial charge in [0.2, 0.25) is 0 Å². The highest BCUT2D eigenvalue weighted by Gasteiger charge is 2.18. The number of aryl methyl sites for hydroxylation is 1. The minimum Gasteiger partial charge on any atom is -0.491 e. The first-order valence-electron chi connectivity index (χ1n) is 12.7. The molecule has 1 amide bonds. The lowest BCUT2D eigenvalue weighted by Gasteiger charge is -2.20. The largest absolute Gasteiger partial charge is 0.491 e.